The average Bonchev–Trinajstić information content (AvgIpc) is 2.49. The Kier molecular flexibility index (Phi) is 2.05. The monoisotopic (exact) mass is 186 g/mol. The maximum absolute atomic E-state index is 10.5. The molecule has 0 saturated heterocycles. The minimum Gasteiger partial charge on any atom is -0.478 e. The Morgan fingerprint density at radius 3 is 2.38 bits per heavy atom. The topological polar surface area (TPSA) is 101 Å². The summed E-state index contributed by atoms with van der Waals surface area (Å²) in [6.07, 6.45) is 0.889. The molecule has 0 fully saturated rings. The quantitative estimate of drug-likeness (QED) is 0.450. The van der Waals surface area contributed by atoms with Crippen molar-refractivity contribution in [2.45, 2.75) is 12.0 Å². The third kappa shape index (κ3) is 1.37. The first-order valence-electron chi connectivity index (χ1n) is 3.34. The lowest BCUT2D eigenvalue weighted by Gasteiger charge is -2.16. The molecule has 0 bridgehead atoms. The first-order valence-corrected chi connectivity index (χ1v) is 3.34. The predicted octanol–water partition coefficient (Wildman–Crippen LogP) is -0.603. The Hall–Kier alpha value is -1.85. The Labute approximate surface area is 72.4 Å². The molecule has 70 valence electrons. The lowest BCUT2D eigenvalue weighted by Crippen LogP contribution is -2.40. The molecule has 0 aromatic rings. The molecule has 1 aliphatic rings. The maximum Gasteiger partial charge on any atom is 0.370 e. The molecule has 6 nitrogen and oxygen atoms in total. The van der Waals surface area contributed by atoms with Crippen LogP contribution in [0.3, 0.4) is 0 Å². The molecule has 0 radical (unpaired) electrons. The van der Waals surface area contributed by atoms with Crippen molar-refractivity contribution < 1.29 is 29.3 Å². The van der Waals surface area contributed by atoms with E-state index in [2.05, 4.69) is 4.74 Å². The zero-order chi connectivity index (χ0) is 10.1. The van der Waals surface area contributed by atoms with Crippen LogP contribution in [0, 0.1) is 0 Å². The molecule has 0 aromatic carbocycles. The van der Waals surface area contributed by atoms with Crippen LogP contribution in [0.1, 0.15) is 6.42 Å². The van der Waals surface area contributed by atoms with Crippen molar-refractivity contribution in [3.8, 4) is 0 Å². The standard InChI is InChI=1S/C7H6O6/c8-3-7(6(11)12)2-1-4(13-7)5(9)10/h1,3H,2H2,(H,9,10)(H,11,12). The van der Waals surface area contributed by atoms with Crippen LogP contribution in [-0.4, -0.2) is 34.0 Å². The summed E-state index contributed by atoms with van der Waals surface area (Å²) in [5.74, 6) is -3.38. The van der Waals surface area contributed by atoms with Gasteiger partial charge in [0.15, 0.2) is 6.29 Å². The highest BCUT2D eigenvalue weighted by Crippen LogP contribution is 2.26. The highest BCUT2D eigenvalue weighted by atomic mass is 16.6. The van der Waals surface area contributed by atoms with Crippen LogP contribution in [0.2, 0.25) is 0 Å². The SMILES string of the molecule is O=CC1(C(=O)O)CC=C(C(=O)O)O1. The number of ether oxygens (including phenoxy) is 1. The highest BCUT2D eigenvalue weighted by molar-refractivity contribution is 5.98. The third-order valence-corrected chi connectivity index (χ3v) is 1.65. The maximum atomic E-state index is 10.5. The van der Waals surface area contributed by atoms with Gasteiger partial charge in [-0.1, -0.05) is 0 Å². The van der Waals surface area contributed by atoms with E-state index >= 15 is 0 Å². The van der Waals surface area contributed by atoms with E-state index in [4.69, 9.17) is 10.2 Å². The molecule has 0 amide bonds. The molecule has 2 N–H and O–H groups in total. The van der Waals surface area contributed by atoms with E-state index in [-0.39, 0.29) is 12.7 Å². The van der Waals surface area contributed by atoms with Crippen LogP contribution in [0.5, 0.6) is 0 Å². The fourth-order valence-electron chi connectivity index (χ4n) is 0.908. The number of rotatable bonds is 3. The summed E-state index contributed by atoms with van der Waals surface area (Å²) in [4.78, 5) is 31.3. The number of carboxylic acids is 2. The molecule has 0 aromatic heterocycles. The van der Waals surface area contributed by atoms with E-state index in [1.165, 1.54) is 0 Å². The average molecular weight is 186 g/mol. The van der Waals surface area contributed by atoms with Gasteiger partial charge >= 0.3 is 11.9 Å². The van der Waals surface area contributed by atoms with Crippen molar-refractivity contribution in [3.05, 3.63) is 11.8 Å². The Morgan fingerprint density at radius 2 is 2.15 bits per heavy atom. The van der Waals surface area contributed by atoms with Gasteiger partial charge in [-0.15, -0.1) is 0 Å². The van der Waals surface area contributed by atoms with Gasteiger partial charge in [0.25, 0.3) is 5.60 Å². The molecule has 1 unspecified atom stereocenters. The van der Waals surface area contributed by atoms with Gasteiger partial charge < -0.3 is 14.9 Å². The van der Waals surface area contributed by atoms with Crippen molar-refractivity contribution >= 4 is 18.2 Å². The smallest absolute Gasteiger partial charge is 0.370 e. The largest absolute Gasteiger partial charge is 0.478 e. The lowest BCUT2D eigenvalue weighted by atomic mass is 10.0. The molecule has 1 rings (SSSR count). The Balaban J connectivity index is 2.87. The predicted molar refractivity (Wildman–Crippen MR) is 37.9 cm³/mol. The number of aliphatic carboxylic acids is 2. The van der Waals surface area contributed by atoms with E-state index in [0.717, 1.165) is 6.08 Å². The van der Waals surface area contributed by atoms with Gasteiger partial charge in [0.2, 0.25) is 5.76 Å². The molecule has 13 heavy (non-hydrogen) atoms. The molecule has 0 saturated carbocycles. The van der Waals surface area contributed by atoms with Crippen molar-refractivity contribution in [1.82, 2.24) is 0 Å². The van der Waals surface area contributed by atoms with Gasteiger partial charge in [-0.05, 0) is 6.08 Å². The number of hydrogen-bond donors (Lipinski definition) is 2. The highest BCUT2D eigenvalue weighted by Gasteiger charge is 2.46. The zero-order valence-corrected chi connectivity index (χ0v) is 6.39. The number of carbonyl (C=O) groups excluding carboxylic acids is 1. The van der Waals surface area contributed by atoms with E-state index in [0.29, 0.717) is 0 Å². The molecule has 0 spiro atoms. The van der Waals surface area contributed by atoms with Crippen LogP contribution in [0.4, 0.5) is 0 Å². The molecular formula is C7H6O6. The van der Waals surface area contributed by atoms with Crippen LogP contribution in [0.15, 0.2) is 11.8 Å². The summed E-state index contributed by atoms with van der Waals surface area (Å²) in [7, 11) is 0. The van der Waals surface area contributed by atoms with Gasteiger partial charge in [-0.25, -0.2) is 9.59 Å². The number of carboxylic acid groups (broad SMARTS) is 2. The summed E-state index contributed by atoms with van der Waals surface area (Å²) >= 11 is 0. The fourth-order valence-corrected chi connectivity index (χ4v) is 0.908. The summed E-state index contributed by atoms with van der Waals surface area (Å²) in [5, 5.41) is 17.0. The molecule has 1 aliphatic heterocycles. The second-order valence-corrected chi connectivity index (χ2v) is 2.49. The summed E-state index contributed by atoms with van der Waals surface area (Å²) in [5.41, 5.74) is -2.05. The normalized spacial score (nSPS) is 26.0. The number of aldehydes is 1. The minimum atomic E-state index is -2.05. The molecule has 1 heterocycles. The van der Waals surface area contributed by atoms with Crippen molar-refractivity contribution in [2.75, 3.05) is 0 Å². The van der Waals surface area contributed by atoms with Crippen molar-refractivity contribution in [3.63, 3.8) is 0 Å². The van der Waals surface area contributed by atoms with E-state index in [1.807, 2.05) is 0 Å². The van der Waals surface area contributed by atoms with Gasteiger partial charge in [-0.3, -0.25) is 4.79 Å². The van der Waals surface area contributed by atoms with Crippen LogP contribution in [0.25, 0.3) is 0 Å². The molecule has 1 atom stereocenters. The summed E-state index contributed by atoms with van der Waals surface area (Å²) < 4.78 is 4.52. The second kappa shape index (κ2) is 2.89. The lowest BCUT2D eigenvalue weighted by molar-refractivity contribution is -0.162. The summed E-state index contributed by atoms with van der Waals surface area (Å²) in [6, 6.07) is 0. The number of carbonyl (C=O) groups is 3. The molecule has 6 heteroatoms. The summed E-state index contributed by atoms with van der Waals surface area (Å²) in [6.45, 7) is 0. The van der Waals surface area contributed by atoms with E-state index in [1.54, 1.807) is 0 Å². The minimum absolute atomic E-state index is 0.0851. The Bertz CT molecular complexity index is 304. The van der Waals surface area contributed by atoms with Crippen LogP contribution in [-0.2, 0) is 19.1 Å². The first kappa shape index (κ1) is 9.24. The van der Waals surface area contributed by atoms with E-state index in [9.17, 15) is 14.4 Å². The molecule has 0 aliphatic carbocycles. The van der Waals surface area contributed by atoms with Crippen LogP contribution < -0.4 is 0 Å². The number of hydrogen-bond acceptors (Lipinski definition) is 4. The van der Waals surface area contributed by atoms with Gasteiger partial charge in [0.05, 0.1) is 0 Å². The van der Waals surface area contributed by atoms with Crippen molar-refractivity contribution in [2.24, 2.45) is 0 Å². The third-order valence-electron chi connectivity index (χ3n) is 1.65. The zero-order valence-electron chi connectivity index (χ0n) is 6.39. The molecular weight excluding hydrogens is 180 g/mol. The van der Waals surface area contributed by atoms with Crippen LogP contribution >= 0.6 is 0 Å². The van der Waals surface area contributed by atoms with Gasteiger partial charge in [-0.2, -0.15) is 0 Å². The van der Waals surface area contributed by atoms with Gasteiger partial charge in [0.1, 0.15) is 0 Å². The van der Waals surface area contributed by atoms with Crippen molar-refractivity contribution in [1.29, 1.82) is 0 Å². The second-order valence-electron chi connectivity index (χ2n) is 2.49. The first-order chi connectivity index (χ1) is 6.02. The fraction of sp³-hybridized carbons (Fsp3) is 0.286. The van der Waals surface area contributed by atoms with Gasteiger partial charge in [0, 0.05) is 6.42 Å². The van der Waals surface area contributed by atoms with E-state index < -0.39 is 23.3 Å². The Morgan fingerprint density at radius 1 is 1.54 bits per heavy atom.